The maximum atomic E-state index is 12.0. The first-order chi connectivity index (χ1) is 6.49. The highest BCUT2D eigenvalue weighted by molar-refractivity contribution is 4.84. The van der Waals surface area contributed by atoms with Gasteiger partial charge in [0.1, 0.15) is 0 Å². The van der Waals surface area contributed by atoms with Crippen molar-refractivity contribution in [3.63, 3.8) is 0 Å². The fraction of sp³-hybridized carbons (Fsp3) is 1.00. The lowest BCUT2D eigenvalue weighted by Crippen LogP contribution is -2.26. The Labute approximate surface area is 84.2 Å². The molecule has 84 valence electrons. The van der Waals surface area contributed by atoms with E-state index in [2.05, 4.69) is 23.5 Å². The molecular formula is C10H19F2NO. The molecule has 0 aromatic carbocycles. The molecule has 14 heavy (non-hydrogen) atoms. The van der Waals surface area contributed by atoms with Crippen molar-refractivity contribution in [3.05, 3.63) is 0 Å². The second-order valence-corrected chi connectivity index (χ2v) is 4.48. The van der Waals surface area contributed by atoms with Crippen LogP contribution in [0, 0.1) is 5.92 Å². The molecule has 1 heterocycles. The number of halogens is 2. The Morgan fingerprint density at radius 2 is 2.07 bits per heavy atom. The van der Waals surface area contributed by atoms with Crippen LogP contribution in [-0.2, 0) is 4.74 Å². The maximum Gasteiger partial charge on any atom is 0.345 e. The molecule has 0 saturated carbocycles. The Kier molecular flexibility index (Phi) is 4.26. The third-order valence-corrected chi connectivity index (χ3v) is 2.69. The van der Waals surface area contributed by atoms with Gasteiger partial charge in [-0.2, -0.15) is 8.78 Å². The van der Waals surface area contributed by atoms with Crippen molar-refractivity contribution in [2.24, 2.45) is 5.92 Å². The standard InChI is InChI=1S/C10H19F2NO/c1-7(2)4-8-5-9(6-13(8)3)14-10(11)12/h7-10H,4-6H2,1-3H3. The van der Waals surface area contributed by atoms with E-state index in [1.54, 1.807) is 0 Å². The Balaban J connectivity index is 2.35. The molecule has 2 atom stereocenters. The fourth-order valence-corrected chi connectivity index (χ4v) is 2.09. The number of likely N-dealkylation sites (N-methyl/N-ethyl adjacent to an activating group) is 1. The summed E-state index contributed by atoms with van der Waals surface area (Å²) in [5, 5.41) is 0. The Bertz CT molecular complexity index is 176. The van der Waals surface area contributed by atoms with Gasteiger partial charge in [-0.1, -0.05) is 13.8 Å². The zero-order valence-corrected chi connectivity index (χ0v) is 9.04. The van der Waals surface area contributed by atoms with E-state index < -0.39 is 6.61 Å². The molecule has 4 heteroatoms. The minimum Gasteiger partial charge on any atom is -0.318 e. The second kappa shape index (κ2) is 5.03. The fourth-order valence-electron chi connectivity index (χ4n) is 2.09. The van der Waals surface area contributed by atoms with Crippen LogP contribution in [0.1, 0.15) is 26.7 Å². The molecule has 1 aliphatic heterocycles. The molecule has 2 nitrogen and oxygen atoms in total. The zero-order chi connectivity index (χ0) is 10.7. The first kappa shape index (κ1) is 11.9. The zero-order valence-electron chi connectivity index (χ0n) is 9.04. The van der Waals surface area contributed by atoms with E-state index in [1.165, 1.54) is 0 Å². The summed E-state index contributed by atoms with van der Waals surface area (Å²) in [7, 11) is 1.97. The summed E-state index contributed by atoms with van der Waals surface area (Å²) in [6, 6.07) is 0.402. The number of rotatable bonds is 4. The van der Waals surface area contributed by atoms with Crippen LogP contribution in [0.3, 0.4) is 0 Å². The lowest BCUT2D eigenvalue weighted by molar-refractivity contribution is -0.158. The molecule has 0 aliphatic carbocycles. The first-order valence-corrected chi connectivity index (χ1v) is 5.13. The van der Waals surface area contributed by atoms with Crippen molar-refractivity contribution in [2.75, 3.05) is 13.6 Å². The third kappa shape index (κ3) is 3.50. The molecule has 0 aromatic heterocycles. The van der Waals surface area contributed by atoms with Gasteiger partial charge in [0, 0.05) is 12.6 Å². The first-order valence-electron chi connectivity index (χ1n) is 5.13. The monoisotopic (exact) mass is 207 g/mol. The Hall–Kier alpha value is -0.220. The van der Waals surface area contributed by atoms with Crippen LogP contribution in [0.15, 0.2) is 0 Å². The highest BCUT2D eigenvalue weighted by atomic mass is 19.3. The maximum absolute atomic E-state index is 12.0. The lowest BCUT2D eigenvalue weighted by atomic mass is 10.0. The minimum atomic E-state index is -2.63. The molecular weight excluding hydrogens is 188 g/mol. The largest absolute Gasteiger partial charge is 0.345 e. The van der Waals surface area contributed by atoms with E-state index in [1.807, 2.05) is 7.05 Å². The van der Waals surface area contributed by atoms with Gasteiger partial charge in [-0.05, 0) is 25.8 Å². The predicted molar refractivity (Wildman–Crippen MR) is 51.4 cm³/mol. The summed E-state index contributed by atoms with van der Waals surface area (Å²) in [6.45, 7) is 2.29. The number of ether oxygens (including phenoxy) is 1. The van der Waals surface area contributed by atoms with Gasteiger partial charge in [0.25, 0.3) is 0 Å². The second-order valence-electron chi connectivity index (χ2n) is 4.48. The number of nitrogens with zero attached hydrogens (tertiary/aromatic N) is 1. The van der Waals surface area contributed by atoms with Crippen LogP contribution in [0.2, 0.25) is 0 Å². The summed E-state index contributed by atoms with van der Waals surface area (Å²) >= 11 is 0. The van der Waals surface area contributed by atoms with E-state index in [9.17, 15) is 8.78 Å². The number of likely N-dealkylation sites (tertiary alicyclic amines) is 1. The van der Waals surface area contributed by atoms with Gasteiger partial charge in [0.05, 0.1) is 6.10 Å². The minimum absolute atomic E-state index is 0.288. The van der Waals surface area contributed by atoms with Gasteiger partial charge < -0.3 is 9.64 Å². The number of alkyl halides is 2. The molecule has 1 aliphatic rings. The van der Waals surface area contributed by atoms with Crippen molar-refractivity contribution in [1.82, 2.24) is 4.90 Å². The molecule has 1 fully saturated rings. The molecule has 0 amide bonds. The van der Waals surface area contributed by atoms with Crippen molar-refractivity contribution >= 4 is 0 Å². The van der Waals surface area contributed by atoms with Gasteiger partial charge in [0.2, 0.25) is 0 Å². The third-order valence-electron chi connectivity index (χ3n) is 2.69. The SMILES string of the molecule is CC(C)CC1CC(OC(F)F)CN1C. The van der Waals surface area contributed by atoms with Crippen LogP contribution < -0.4 is 0 Å². The highest BCUT2D eigenvalue weighted by Gasteiger charge is 2.31. The van der Waals surface area contributed by atoms with Gasteiger partial charge in [0.15, 0.2) is 0 Å². The van der Waals surface area contributed by atoms with Crippen molar-refractivity contribution in [3.8, 4) is 0 Å². The van der Waals surface area contributed by atoms with Crippen LogP contribution in [-0.4, -0.2) is 37.2 Å². The summed E-state index contributed by atoms with van der Waals surface area (Å²) < 4.78 is 28.4. The smallest absolute Gasteiger partial charge is 0.318 e. The Morgan fingerprint density at radius 1 is 1.43 bits per heavy atom. The average Bonchev–Trinajstić information content (AvgIpc) is 2.28. The molecule has 0 bridgehead atoms. The summed E-state index contributed by atoms with van der Waals surface area (Å²) in [5.41, 5.74) is 0. The molecule has 2 unspecified atom stereocenters. The highest BCUT2D eigenvalue weighted by Crippen LogP contribution is 2.24. The van der Waals surface area contributed by atoms with Gasteiger partial charge in [-0.15, -0.1) is 0 Å². The molecule has 1 saturated heterocycles. The van der Waals surface area contributed by atoms with Gasteiger partial charge in [-0.25, -0.2) is 0 Å². The average molecular weight is 207 g/mol. The van der Waals surface area contributed by atoms with Crippen LogP contribution in [0.4, 0.5) is 8.78 Å². The van der Waals surface area contributed by atoms with E-state index in [0.29, 0.717) is 18.5 Å². The summed E-state index contributed by atoms with van der Waals surface area (Å²) in [4.78, 5) is 2.12. The van der Waals surface area contributed by atoms with E-state index >= 15 is 0 Å². The van der Waals surface area contributed by atoms with Crippen molar-refractivity contribution in [2.45, 2.75) is 45.4 Å². The topological polar surface area (TPSA) is 12.5 Å². The van der Waals surface area contributed by atoms with Gasteiger partial charge >= 0.3 is 6.61 Å². The normalized spacial score (nSPS) is 29.4. The molecule has 0 radical (unpaired) electrons. The van der Waals surface area contributed by atoms with Crippen molar-refractivity contribution < 1.29 is 13.5 Å². The number of hydrogen-bond donors (Lipinski definition) is 0. The summed E-state index contributed by atoms with van der Waals surface area (Å²) in [5.74, 6) is 0.604. The molecule has 0 N–H and O–H groups in total. The summed E-state index contributed by atoms with van der Waals surface area (Å²) in [6.07, 6.45) is 1.50. The van der Waals surface area contributed by atoms with Crippen LogP contribution in [0.25, 0.3) is 0 Å². The lowest BCUT2D eigenvalue weighted by Gasteiger charge is -2.20. The van der Waals surface area contributed by atoms with E-state index in [-0.39, 0.29) is 6.10 Å². The number of hydrogen-bond acceptors (Lipinski definition) is 2. The molecule has 0 spiro atoms. The van der Waals surface area contributed by atoms with Crippen molar-refractivity contribution in [1.29, 1.82) is 0 Å². The van der Waals surface area contributed by atoms with E-state index in [0.717, 1.165) is 12.8 Å². The predicted octanol–water partition coefficient (Wildman–Crippen LogP) is 2.34. The quantitative estimate of drug-likeness (QED) is 0.701. The van der Waals surface area contributed by atoms with Crippen LogP contribution in [0.5, 0.6) is 0 Å². The van der Waals surface area contributed by atoms with Gasteiger partial charge in [-0.3, -0.25) is 0 Å². The molecule has 0 aromatic rings. The Morgan fingerprint density at radius 3 is 2.57 bits per heavy atom. The molecule has 1 rings (SSSR count). The van der Waals surface area contributed by atoms with Crippen LogP contribution >= 0.6 is 0 Å². The van der Waals surface area contributed by atoms with E-state index in [4.69, 9.17) is 0 Å².